The number of alkyl carbamates (subject to hydrolysis) is 1. The van der Waals surface area contributed by atoms with Crippen molar-refractivity contribution < 1.29 is 42.2 Å². The number of amides is 4. The predicted octanol–water partition coefficient (Wildman–Crippen LogP) is -0.309. The Labute approximate surface area is 228 Å². The number of nitrogens with one attached hydrogen (secondary N) is 3. The minimum atomic E-state index is -3.85. The highest BCUT2D eigenvalue weighted by Crippen LogP contribution is 2.46. The van der Waals surface area contributed by atoms with Crippen LogP contribution in [-0.4, -0.2) is 96.6 Å². The number of carbonyl (C=O) groups excluding carboxylic acids is 4. The van der Waals surface area contributed by atoms with Crippen molar-refractivity contribution >= 4 is 33.8 Å². The van der Waals surface area contributed by atoms with Gasteiger partial charge < -0.3 is 30.1 Å². The molecule has 2 saturated carbocycles. The zero-order chi connectivity index (χ0) is 28.6. The molecule has 4 amide bonds. The summed E-state index contributed by atoms with van der Waals surface area (Å²) >= 11 is 0. The molecule has 0 aromatic heterocycles. The van der Waals surface area contributed by atoms with Gasteiger partial charge in [-0.15, -0.1) is 0 Å². The number of aliphatic hydroxyl groups is 1. The molecule has 1 saturated heterocycles. The zero-order valence-corrected chi connectivity index (χ0v) is 23.3. The second-order valence-corrected chi connectivity index (χ2v) is 13.6. The molecule has 4 rings (SSSR count). The fraction of sp³-hybridized carbons (Fsp3) is 0.760. The van der Waals surface area contributed by atoms with Gasteiger partial charge in [0.1, 0.15) is 23.2 Å². The lowest BCUT2D eigenvalue weighted by Crippen LogP contribution is -2.58. The van der Waals surface area contributed by atoms with Crippen molar-refractivity contribution in [2.24, 2.45) is 5.92 Å². The Morgan fingerprint density at radius 2 is 1.95 bits per heavy atom. The van der Waals surface area contributed by atoms with Gasteiger partial charge in [0.2, 0.25) is 21.8 Å². The molecule has 218 valence electrons. The Morgan fingerprint density at radius 1 is 1.23 bits per heavy atom. The summed E-state index contributed by atoms with van der Waals surface area (Å²) in [5.41, 5.74) is -2.30. The standard InChI is InChI=1S/C25H38N4O9S/c1-24(2,3)38-23(34)26-18-7-5-11-37-10-4-6-15-13-25(15,22(33)28-39(35,36)17-8-9-17)27-20(31)19-12-16(30)14-29(19)21(18)32/h4,6,15-19,30H,5,7-14H2,1-3H3,(H,26,34)(H,27,31)(H,28,33)/b6-4-. The monoisotopic (exact) mass is 570 g/mol. The number of sulfonamides is 1. The molecule has 3 fully saturated rings. The van der Waals surface area contributed by atoms with Crippen LogP contribution < -0.4 is 15.4 Å². The van der Waals surface area contributed by atoms with E-state index in [-0.39, 0.29) is 39.0 Å². The summed E-state index contributed by atoms with van der Waals surface area (Å²) in [6.45, 7) is 5.42. The Hall–Kier alpha value is -2.71. The van der Waals surface area contributed by atoms with E-state index in [1.54, 1.807) is 32.9 Å². The van der Waals surface area contributed by atoms with Gasteiger partial charge in [0, 0.05) is 25.5 Å². The maximum absolute atomic E-state index is 13.6. The molecule has 4 N–H and O–H groups in total. The normalized spacial score (nSPS) is 33.0. The first-order valence-corrected chi connectivity index (χ1v) is 14.9. The Morgan fingerprint density at radius 3 is 2.62 bits per heavy atom. The van der Waals surface area contributed by atoms with Crippen LogP contribution in [0.25, 0.3) is 0 Å². The van der Waals surface area contributed by atoms with E-state index in [2.05, 4.69) is 15.4 Å². The SMILES string of the molecule is CC(C)(C)OC(=O)NC1CCCOC/C=C\C2CC2(C(=O)NS(=O)(=O)C2CC2)NC(=O)C2CC(O)CN2C1=O. The fourth-order valence-corrected chi connectivity index (χ4v) is 6.30. The van der Waals surface area contributed by atoms with Crippen molar-refractivity contribution in [3.63, 3.8) is 0 Å². The number of aliphatic hydroxyl groups excluding tert-OH is 1. The first-order valence-electron chi connectivity index (χ1n) is 13.3. The minimum Gasteiger partial charge on any atom is -0.444 e. The number of rotatable bonds is 4. The largest absolute Gasteiger partial charge is 0.444 e. The number of hydrogen-bond acceptors (Lipinski definition) is 9. The Bertz CT molecular complexity index is 1130. The summed E-state index contributed by atoms with van der Waals surface area (Å²) in [6.07, 6.45) is 3.29. The molecular formula is C25H38N4O9S. The van der Waals surface area contributed by atoms with Gasteiger partial charge in [-0.05, 0) is 52.9 Å². The summed E-state index contributed by atoms with van der Waals surface area (Å²) in [5.74, 6) is -2.56. The lowest BCUT2D eigenvalue weighted by molar-refractivity contribution is -0.141. The van der Waals surface area contributed by atoms with Gasteiger partial charge in [-0.25, -0.2) is 13.2 Å². The smallest absolute Gasteiger partial charge is 0.408 e. The van der Waals surface area contributed by atoms with Gasteiger partial charge in [-0.2, -0.15) is 0 Å². The Kier molecular flexibility index (Phi) is 8.29. The molecule has 5 atom stereocenters. The number of nitrogens with zero attached hydrogens (tertiary/aromatic N) is 1. The molecule has 13 nitrogen and oxygen atoms in total. The van der Waals surface area contributed by atoms with Crippen LogP contribution in [0.15, 0.2) is 12.2 Å². The Balaban J connectivity index is 1.57. The van der Waals surface area contributed by atoms with Crippen LogP contribution in [0.2, 0.25) is 0 Å². The molecule has 2 aliphatic carbocycles. The highest BCUT2D eigenvalue weighted by Gasteiger charge is 2.62. The lowest BCUT2D eigenvalue weighted by atomic mass is 10.1. The molecule has 0 bridgehead atoms. The van der Waals surface area contributed by atoms with Crippen LogP contribution in [0.4, 0.5) is 4.79 Å². The molecule has 0 aromatic carbocycles. The van der Waals surface area contributed by atoms with Gasteiger partial charge >= 0.3 is 6.09 Å². The zero-order valence-electron chi connectivity index (χ0n) is 22.5. The van der Waals surface area contributed by atoms with E-state index in [1.807, 2.05) is 0 Å². The van der Waals surface area contributed by atoms with Crippen LogP contribution in [-0.2, 0) is 33.9 Å². The summed E-state index contributed by atoms with van der Waals surface area (Å²) in [5, 5.41) is 15.0. The highest BCUT2D eigenvalue weighted by atomic mass is 32.2. The van der Waals surface area contributed by atoms with Crippen molar-refractivity contribution in [3.05, 3.63) is 12.2 Å². The van der Waals surface area contributed by atoms with Crippen molar-refractivity contribution in [3.8, 4) is 0 Å². The number of carbonyl (C=O) groups is 4. The molecule has 14 heteroatoms. The topological polar surface area (TPSA) is 180 Å². The van der Waals surface area contributed by atoms with E-state index in [0.717, 1.165) is 0 Å². The van der Waals surface area contributed by atoms with Crippen molar-refractivity contribution in [2.75, 3.05) is 19.8 Å². The van der Waals surface area contributed by atoms with Gasteiger partial charge in [0.25, 0.3) is 5.91 Å². The van der Waals surface area contributed by atoms with Crippen LogP contribution in [0.1, 0.15) is 59.3 Å². The summed E-state index contributed by atoms with van der Waals surface area (Å²) in [7, 11) is -3.85. The quantitative estimate of drug-likeness (QED) is 0.330. The van der Waals surface area contributed by atoms with Crippen molar-refractivity contribution in [1.29, 1.82) is 0 Å². The van der Waals surface area contributed by atoms with E-state index < -0.39 is 74.3 Å². The second kappa shape index (κ2) is 11.0. The average Bonchev–Trinajstić information content (AvgIpc) is 3.73. The summed E-state index contributed by atoms with van der Waals surface area (Å²) < 4.78 is 37.9. The van der Waals surface area contributed by atoms with Crippen LogP contribution in [0.5, 0.6) is 0 Å². The third-order valence-electron chi connectivity index (χ3n) is 7.18. The first-order chi connectivity index (χ1) is 18.2. The van der Waals surface area contributed by atoms with Crippen LogP contribution in [0, 0.1) is 5.92 Å². The van der Waals surface area contributed by atoms with E-state index in [0.29, 0.717) is 19.3 Å². The molecule has 2 aliphatic heterocycles. The minimum absolute atomic E-state index is 0.0710. The summed E-state index contributed by atoms with van der Waals surface area (Å²) in [4.78, 5) is 54.0. The van der Waals surface area contributed by atoms with Gasteiger partial charge in [0.05, 0.1) is 18.0 Å². The fourth-order valence-electron chi connectivity index (χ4n) is 4.94. The number of ether oxygens (including phenoxy) is 2. The lowest BCUT2D eigenvalue weighted by Gasteiger charge is -2.30. The van der Waals surface area contributed by atoms with E-state index in [9.17, 15) is 32.7 Å². The average molecular weight is 571 g/mol. The molecule has 2 heterocycles. The van der Waals surface area contributed by atoms with Gasteiger partial charge in [-0.1, -0.05) is 12.2 Å². The molecule has 5 unspecified atom stereocenters. The highest BCUT2D eigenvalue weighted by molar-refractivity contribution is 7.91. The molecular weight excluding hydrogens is 532 g/mol. The van der Waals surface area contributed by atoms with Crippen LogP contribution >= 0.6 is 0 Å². The molecule has 0 radical (unpaired) electrons. The molecule has 39 heavy (non-hydrogen) atoms. The van der Waals surface area contributed by atoms with Crippen molar-refractivity contribution in [1.82, 2.24) is 20.3 Å². The maximum atomic E-state index is 13.6. The third-order valence-corrected chi connectivity index (χ3v) is 9.00. The molecule has 0 spiro atoms. The summed E-state index contributed by atoms with van der Waals surface area (Å²) in [6, 6.07) is -2.16. The third kappa shape index (κ3) is 7.09. The van der Waals surface area contributed by atoms with E-state index in [1.165, 1.54) is 4.90 Å². The van der Waals surface area contributed by atoms with Gasteiger partial charge in [0.15, 0.2) is 0 Å². The molecule has 4 aliphatic rings. The van der Waals surface area contributed by atoms with Gasteiger partial charge in [-0.3, -0.25) is 19.1 Å². The second-order valence-electron chi connectivity index (χ2n) is 11.7. The van der Waals surface area contributed by atoms with Crippen molar-refractivity contribution in [2.45, 2.75) is 93.9 Å². The predicted molar refractivity (Wildman–Crippen MR) is 138 cm³/mol. The first kappa shape index (κ1) is 29.3. The maximum Gasteiger partial charge on any atom is 0.408 e. The van der Waals surface area contributed by atoms with E-state index in [4.69, 9.17) is 9.47 Å². The van der Waals surface area contributed by atoms with E-state index >= 15 is 0 Å². The number of hydrogen-bond donors (Lipinski definition) is 4. The number of fused-ring (bicyclic) bond motifs is 2. The van der Waals surface area contributed by atoms with Crippen LogP contribution in [0.3, 0.4) is 0 Å². The molecule has 0 aromatic rings.